The van der Waals surface area contributed by atoms with E-state index in [9.17, 15) is 9.18 Å². The van der Waals surface area contributed by atoms with Gasteiger partial charge in [0.1, 0.15) is 11.6 Å². The average Bonchev–Trinajstić information content (AvgIpc) is 2.93. The maximum atomic E-state index is 13.3. The number of nitrogens with zero attached hydrogens (tertiary/aromatic N) is 4. The van der Waals surface area contributed by atoms with E-state index in [2.05, 4.69) is 36.4 Å². The third-order valence-electron chi connectivity index (χ3n) is 4.73. The van der Waals surface area contributed by atoms with Crippen LogP contribution in [0.1, 0.15) is 43.0 Å². The van der Waals surface area contributed by atoms with Gasteiger partial charge in [0.05, 0.1) is 28.8 Å². The van der Waals surface area contributed by atoms with Crippen molar-refractivity contribution >= 4 is 16.9 Å². The largest absolute Gasteiger partial charge is 0.334 e. The molecule has 1 aliphatic heterocycles. The summed E-state index contributed by atoms with van der Waals surface area (Å²) in [5, 5.41) is 0. The summed E-state index contributed by atoms with van der Waals surface area (Å²) in [5.41, 5.74) is 2.24. The number of halogens is 1. The van der Waals surface area contributed by atoms with E-state index in [0.717, 1.165) is 23.1 Å². The number of aromatic nitrogens is 3. The van der Waals surface area contributed by atoms with Crippen molar-refractivity contribution in [2.75, 3.05) is 13.1 Å². The fourth-order valence-electron chi connectivity index (χ4n) is 3.44. The molecule has 3 heterocycles. The number of hydrogen-bond acceptors (Lipinski definition) is 3. The van der Waals surface area contributed by atoms with Crippen LogP contribution in [-0.4, -0.2) is 38.4 Å². The molecule has 1 aliphatic rings. The highest BCUT2D eigenvalue weighted by atomic mass is 19.1. The number of imidazole rings is 1. The van der Waals surface area contributed by atoms with Gasteiger partial charge in [0.25, 0.3) is 5.91 Å². The molecule has 0 N–H and O–H groups in total. The van der Waals surface area contributed by atoms with Crippen LogP contribution in [0.15, 0.2) is 42.7 Å². The second kappa shape index (κ2) is 5.90. The van der Waals surface area contributed by atoms with Crippen molar-refractivity contribution in [1.29, 1.82) is 0 Å². The number of hydrogen-bond donors (Lipinski definition) is 0. The molecule has 134 valence electrons. The van der Waals surface area contributed by atoms with Gasteiger partial charge in [0, 0.05) is 24.7 Å². The number of likely N-dealkylation sites (tertiary alicyclic amines) is 1. The molecular formula is C20H21FN4O. The number of rotatable bonds is 2. The molecule has 26 heavy (non-hydrogen) atoms. The minimum absolute atomic E-state index is 0.101. The summed E-state index contributed by atoms with van der Waals surface area (Å²) in [5.74, 6) is 0.335. The highest BCUT2D eigenvalue weighted by Gasteiger charge is 2.36. The predicted octanol–water partition coefficient (Wildman–Crippen LogP) is 3.57. The normalized spacial score (nSPS) is 15.3. The molecule has 0 saturated carbocycles. The van der Waals surface area contributed by atoms with E-state index in [4.69, 9.17) is 4.98 Å². The van der Waals surface area contributed by atoms with Gasteiger partial charge >= 0.3 is 0 Å². The monoisotopic (exact) mass is 352 g/mol. The maximum absolute atomic E-state index is 13.3. The first-order chi connectivity index (χ1) is 12.3. The van der Waals surface area contributed by atoms with Gasteiger partial charge < -0.3 is 9.47 Å². The van der Waals surface area contributed by atoms with Crippen LogP contribution in [0.3, 0.4) is 0 Å². The van der Waals surface area contributed by atoms with Crippen molar-refractivity contribution in [3.8, 4) is 0 Å². The van der Waals surface area contributed by atoms with Gasteiger partial charge in [-0.25, -0.2) is 9.37 Å². The lowest BCUT2D eigenvalue weighted by Gasteiger charge is -2.41. The molecule has 0 aliphatic carbocycles. The minimum Gasteiger partial charge on any atom is -0.334 e. The summed E-state index contributed by atoms with van der Waals surface area (Å²) in [7, 11) is 0. The van der Waals surface area contributed by atoms with Crippen LogP contribution in [0.2, 0.25) is 0 Å². The summed E-state index contributed by atoms with van der Waals surface area (Å²) in [6, 6.07) is 9.48. The Kier molecular flexibility index (Phi) is 3.79. The Hall–Kier alpha value is -2.76. The van der Waals surface area contributed by atoms with Crippen LogP contribution in [0.25, 0.3) is 11.0 Å². The number of benzene rings is 1. The van der Waals surface area contributed by atoms with Gasteiger partial charge in [-0.05, 0) is 18.2 Å². The van der Waals surface area contributed by atoms with Crippen molar-refractivity contribution in [1.82, 2.24) is 19.4 Å². The zero-order chi connectivity index (χ0) is 18.5. The van der Waals surface area contributed by atoms with E-state index in [1.54, 1.807) is 4.90 Å². The van der Waals surface area contributed by atoms with Gasteiger partial charge in [-0.2, -0.15) is 0 Å². The molecule has 0 atom stereocenters. The molecule has 0 unspecified atom stereocenters. The third kappa shape index (κ3) is 2.75. The molecule has 0 spiro atoms. The maximum Gasteiger partial charge on any atom is 0.255 e. The molecule has 1 saturated heterocycles. The number of pyridine rings is 1. The first kappa shape index (κ1) is 16.7. The molecule has 5 nitrogen and oxygen atoms in total. The molecule has 1 aromatic carbocycles. The quantitative estimate of drug-likeness (QED) is 0.708. The molecule has 3 aromatic rings. The predicted molar refractivity (Wildman–Crippen MR) is 97.6 cm³/mol. The van der Waals surface area contributed by atoms with E-state index in [1.807, 2.05) is 18.2 Å². The summed E-state index contributed by atoms with van der Waals surface area (Å²) in [6.07, 6.45) is 2.51. The number of fused-ring (bicyclic) bond motifs is 1. The Balaban J connectivity index is 1.62. The molecule has 0 radical (unpaired) electrons. The number of amides is 1. The summed E-state index contributed by atoms with van der Waals surface area (Å²) >= 11 is 0. The Bertz CT molecular complexity index is 983. The van der Waals surface area contributed by atoms with E-state index in [0.29, 0.717) is 13.1 Å². The second-order valence-electron chi connectivity index (χ2n) is 7.80. The SMILES string of the molecule is CC(C)(C)c1nc2ccccc2n1C1CN(C(=O)c2cncc(F)c2)C1. The van der Waals surface area contributed by atoms with E-state index < -0.39 is 5.82 Å². The molecule has 1 amide bonds. The van der Waals surface area contributed by atoms with Gasteiger partial charge in [-0.15, -0.1) is 0 Å². The lowest BCUT2D eigenvalue weighted by Crippen LogP contribution is -2.51. The van der Waals surface area contributed by atoms with Gasteiger partial charge in [0.2, 0.25) is 0 Å². The standard InChI is InChI=1S/C20H21FN4O/c1-20(2,3)19-23-16-6-4-5-7-17(16)25(19)15-11-24(12-15)18(26)13-8-14(21)10-22-9-13/h4-10,15H,11-12H2,1-3H3. The zero-order valence-corrected chi connectivity index (χ0v) is 15.1. The van der Waals surface area contributed by atoms with E-state index in [1.165, 1.54) is 12.3 Å². The van der Waals surface area contributed by atoms with Crippen LogP contribution in [0.4, 0.5) is 4.39 Å². The van der Waals surface area contributed by atoms with Crippen LogP contribution >= 0.6 is 0 Å². The third-order valence-corrected chi connectivity index (χ3v) is 4.73. The van der Waals surface area contributed by atoms with Crippen molar-refractivity contribution in [2.45, 2.75) is 32.2 Å². The Morgan fingerprint density at radius 3 is 2.62 bits per heavy atom. The first-order valence-corrected chi connectivity index (χ1v) is 8.72. The summed E-state index contributed by atoms with van der Waals surface area (Å²) in [6.45, 7) is 7.59. The van der Waals surface area contributed by atoms with Gasteiger partial charge in [0.15, 0.2) is 0 Å². The minimum atomic E-state index is -0.497. The van der Waals surface area contributed by atoms with Crippen molar-refractivity contribution in [3.63, 3.8) is 0 Å². The Morgan fingerprint density at radius 1 is 1.19 bits per heavy atom. The highest BCUT2D eigenvalue weighted by Crippen LogP contribution is 2.33. The second-order valence-corrected chi connectivity index (χ2v) is 7.80. The fourth-order valence-corrected chi connectivity index (χ4v) is 3.44. The molecule has 4 rings (SSSR count). The van der Waals surface area contributed by atoms with Crippen LogP contribution in [0, 0.1) is 5.82 Å². The Labute approximate surface area is 151 Å². The smallest absolute Gasteiger partial charge is 0.255 e. The fraction of sp³-hybridized carbons (Fsp3) is 0.350. The average molecular weight is 352 g/mol. The van der Waals surface area contributed by atoms with Crippen molar-refractivity contribution in [3.05, 3.63) is 59.9 Å². The molecule has 2 aromatic heterocycles. The lowest BCUT2D eigenvalue weighted by atomic mass is 9.94. The first-order valence-electron chi connectivity index (χ1n) is 8.72. The van der Waals surface area contributed by atoms with E-state index >= 15 is 0 Å². The molecule has 0 bridgehead atoms. The molecular weight excluding hydrogens is 331 g/mol. The van der Waals surface area contributed by atoms with Crippen LogP contribution in [0.5, 0.6) is 0 Å². The van der Waals surface area contributed by atoms with Gasteiger partial charge in [-0.1, -0.05) is 32.9 Å². The van der Waals surface area contributed by atoms with Crippen molar-refractivity contribution < 1.29 is 9.18 Å². The lowest BCUT2D eigenvalue weighted by molar-refractivity contribution is 0.0517. The molecule has 6 heteroatoms. The molecule has 1 fully saturated rings. The summed E-state index contributed by atoms with van der Waals surface area (Å²) < 4.78 is 15.6. The Morgan fingerprint density at radius 2 is 1.92 bits per heavy atom. The van der Waals surface area contributed by atoms with Crippen LogP contribution in [-0.2, 0) is 5.41 Å². The van der Waals surface area contributed by atoms with Crippen molar-refractivity contribution in [2.24, 2.45) is 0 Å². The van der Waals surface area contributed by atoms with E-state index in [-0.39, 0.29) is 22.9 Å². The highest BCUT2D eigenvalue weighted by molar-refractivity contribution is 5.94. The topological polar surface area (TPSA) is 51.0 Å². The van der Waals surface area contributed by atoms with Gasteiger partial charge in [-0.3, -0.25) is 9.78 Å². The number of carbonyl (C=O) groups is 1. The van der Waals surface area contributed by atoms with Crippen LogP contribution < -0.4 is 0 Å². The zero-order valence-electron chi connectivity index (χ0n) is 15.1. The summed E-state index contributed by atoms with van der Waals surface area (Å²) in [4.78, 5) is 22.8. The number of para-hydroxylation sites is 2. The number of carbonyl (C=O) groups excluding carboxylic acids is 1.